The van der Waals surface area contributed by atoms with Gasteiger partial charge < -0.3 is 10.6 Å². The Labute approximate surface area is 111 Å². The van der Waals surface area contributed by atoms with Gasteiger partial charge in [-0.25, -0.2) is 9.97 Å². The zero-order valence-corrected chi connectivity index (χ0v) is 10.7. The van der Waals surface area contributed by atoms with Crippen molar-refractivity contribution in [2.24, 2.45) is 5.73 Å². The largest absolute Gasteiger partial charge is 0.330 e. The Morgan fingerprint density at radius 2 is 1.78 bits per heavy atom. The summed E-state index contributed by atoms with van der Waals surface area (Å²) >= 11 is 5.80. The summed E-state index contributed by atoms with van der Waals surface area (Å²) in [6.45, 7) is 1.42. The highest BCUT2D eigenvalue weighted by molar-refractivity contribution is 6.30. The SMILES string of the molecule is NCCCN(c1ccccc1)c1ncc(Cl)cn1. The van der Waals surface area contributed by atoms with E-state index >= 15 is 0 Å². The van der Waals surface area contributed by atoms with E-state index in [1.54, 1.807) is 12.4 Å². The molecular formula is C13H15ClN4. The first-order valence-electron chi connectivity index (χ1n) is 5.81. The molecule has 94 valence electrons. The first-order chi connectivity index (χ1) is 8.81. The van der Waals surface area contributed by atoms with Crippen LogP contribution in [0.5, 0.6) is 0 Å². The Morgan fingerprint density at radius 1 is 1.11 bits per heavy atom. The lowest BCUT2D eigenvalue weighted by molar-refractivity contribution is 0.799. The van der Waals surface area contributed by atoms with Crippen LogP contribution < -0.4 is 10.6 Å². The Morgan fingerprint density at radius 3 is 2.39 bits per heavy atom. The third-order valence-electron chi connectivity index (χ3n) is 2.50. The van der Waals surface area contributed by atoms with Gasteiger partial charge in [0.05, 0.1) is 17.4 Å². The second kappa shape index (κ2) is 6.33. The molecule has 1 heterocycles. The van der Waals surface area contributed by atoms with Crippen molar-refractivity contribution in [3.05, 3.63) is 47.7 Å². The maximum atomic E-state index is 5.80. The summed E-state index contributed by atoms with van der Waals surface area (Å²) < 4.78 is 0. The molecule has 0 bridgehead atoms. The van der Waals surface area contributed by atoms with Crippen LogP contribution in [0.3, 0.4) is 0 Å². The number of nitrogens with two attached hydrogens (primary N) is 1. The lowest BCUT2D eigenvalue weighted by Crippen LogP contribution is -2.22. The number of nitrogens with zero attached hydrogens (tertiary/aromatic N) is 3. The fraction of sp³-hybridized carbons (Fsp3) is 0.231. The molecule has 2 rings (SSSR count). The third-order valence-corrected chi connectivity index (χ3v) is 2.70. The Hall–Kier alpha value is -1.65. The third kappa shape index (κ3) is 3.18. The number of hydrogen-bond acceptors (Lipinski definition) is 4. The molecule has 0 fully saturated rings. The topological polar surface area (TPSA) is 55.0 Å². The normalized spacial score (nSPS) is 10.3. The average Bonchev–Trinajstić information content (AvgIpc) is 2.42. The van der Waals surface area contributed by atoms with E-state index in [1.807, 2.05) is 35.2 Å². The number of rotatable bonds is 5. The van der Waals surface area contributed by atoms with E-state index in [0.29, 0.717) is 17.5 Å². The van der Waals surface area contributed by atoms with E-state index in [9.17, 15) is 0 Å². The lowest BCUT2D eigenvalue weighted by Gasteiger charge is -2.22. The number of aromatic nitrogens is 2. The van der Waals surface area contributed by atoms with E-state index < -0.39 is 0 Å². The molecule has 5 heteroatoms. The van der Waals surface area contributed by atoms with Gasteiger partial charge in [0.15, 0.2) is 0 Å². The van der Waals surface area contributed by atoms with Gasteiger partial charge in [-0.1, -0.05) is 29.8 Å². The van der Waals surface area contributed by atoms with Crippen molar-refractivity contribution in [3.8, 4) is 0 Å². The number of hydrogen-bond donors (Lipinski definition) is 1. The predicted octanol–water partition coefficient (Wildman–Crippen LogP) is 2.62. The van der Waals surface area contributed by atoms with Crippen LogP contribution in [-0.4, -0.2) is 23.1 Å². The molecule has 1 aromatic carbocycles. The minimum atomic E-state index is 0.533. The predicted molar refractivity (Wildman–Crippen MR) is 74.2 cm³/mol. The van der Waals surface area contributed by atoms with Crippen LogP contribution >= 0.6 is 11.6 Å². The fourth-order valence-corrected chi connectivity index (χ4v) is 1.74. The highest BCUT2D eigenvalue weighted by atomic mass is 35.5. The van der Waals surface area contributed by atoms with Gasteiger partial charge in [0.1, 0.15) is 0 Å². The second-order valence-corrected chi connectivity index (χ2v) is 4.27. The molecule has 0 aliphatic carbocycles. The van der Waals surface area contributed by atoms with Gasteiger partial charge in [0.25, 0.3) is 0 Å². The van der Waals surface area contributed by atoms with Crippen LogP contribution in [0.15, 0.2) is 42.7 Å². The van der Waals surface area contributed by atoms with Crippen molar-refractivity contribution in [1.29, 1.82) is 0 Å². The van der Waals surface area contributed by atoms with Gasteiger partial charge in [-0.15, -0.1) is 0 Å². The lowest BCUT2D eigenvalue weighted by atomic mass is 10.3. The monoisotopic (exact) mass is 262 g/mol. The second-order valence-electron chi connectivity index (χ2n) is 3.83. The maximum Gasteiger partial charge on any atom is 0.229 e. The zero-order chi connectivity index (χ0) is 12.8. The van der Waals surface area contributed by atoms with E-state index in [2.05, 4.69) is 9.97 Å². The van der Waals surface area contributed by atoms with E-state index in [-0.39, 0.29) is 0 Å². The van der Waals surface area contributed by atoms with Crippen molar-refractivity contribution in [1.82, 2.24) is 9.97 Å². The molecule has 2 N–H and O–H groups in total. The molecule has 1 aromatic heterocycles. The molecule has 2 aromatic rings. The zero-order valence-electron chi connectivity index (χ0n) is 9.96. The van der Waals surface area contributed by atoms with Gasteiger partial charge in [-0.3, -0.25) is 0 Å². The molecule has 0 spiro atoms. The molecular weight excluding hydrogens is 248 g/mol. The summed E-state index contributed by atoms with van der Waals surface area (Å²) in [5, 5.41) is 0.533. The first-order valence-corrected chi connectivity index (χ1v) is 6.19. The van der Waals surface area contributed by atoms with Crippen LogP contribution in [0.2, 0.25) is 5.02 Å². The number of anilines is 2. The van der Waals surface area contributed by atoms with Crippen LogP contribution in [0.4, 0.5) is 11.6 Å². The molecule has 0 aliphatic heterocycles. The Bertz CT molecular complexity index is 472. The summed E-state index contributed by atoms with van der Waals surface area (Å²) in [6.07, 6.45) is 4.07. The minimum Gasteiger partial charge on any atom is -0.330 e. The minimum absolute atomic E-state index is 0.533. The maximum absolute atomic E-state index is 5.80. The average molecular weight is 263 g/mol. The summed E-state index contributed by atoms with van der Waals surface area (Å²) in [5.41, 5.74) is 6.62. The smallest absolute Gasteiger partial charge is 0.229 e. The molecule has 0 saturated heterocycles. The molecule has 0 atom stereocenters. The van der Waals surface area contributed by atoms with Gasteiger partial charge in [-0.2, -0.15) is 0 Å². The van der Waals surface area contributed by atoms with Crippen molar-refractivity contribution in [2.75, 3.05) is 18.0 Å². The van der Waals surface area contributed by atoms with E-state index in [1.165, 1.54) is 0 Å². The summed E-state index contributed by atoms with van der Waals surface area (Å²) in [7, 11) is 0. The van der Waals surface area contributed by atoms with Crippen molar-refractivity contribution in [3.63, 3.8) is 0 Å². The highest BCUT2D eigenvalue weighted by Gasteiger charge is 2.10. The Kier molecular flexibility index (Phi) is 4.50. The summed E-state index contributed by atoms with van der Waals surface area (Å²) in [5.74, 6) is 0.638. The van der Waals surface area contributed by atoms with Gasteiger partial charge in [-0.05, 0) is 25.1 Å². The van der Waals surface area contributed by atoms with E-state index in [0.717, 1.165) is 18.7 Å². The van der Waals surface area contributed by atoms with E-state index in [4.69, 9.17) is 17.3 Å². The van der Waals surface area contributed by atoms with Crippen molar-refractivity contribution < 1.29 is 0 Å². The van der Waals surface area contributed by atoms with Crippen molar-refractivity contribution >= 4 is 23.2 Å². The summed E-state index contributed by atoms with van der Waals surface area (Å²) in [4.78, 5) is 10.5. The van der Waals surface area contributed by atoms with Crippen LogP contribution in [-0.2, 0) is 0 Å². The Balaban J connectivity index is 2.27. The van der Waals surface area contributed by atoms with Gasteiger partial charge in [0.2, 0.25) is 5.95 Å². The highest BCUT2D eigenvalue weighted by Crippen LogP contribution is 2.22. The van der Waals surface area contributed by atoms with Crippen molar-refractivity contribution in [2.45, 2.75) is 6.42 Å². The standard InChI is InChI=1S/C13H15ClN4/c14-11-9-16-13(17-10-11)18(8-4-7-15)12-5-2-1-3-6-12/h1-3,5-6,9-10H,4,7-8,15H2. The molecule has 0 saturated carbocycles. The van der Waals surface area contributed by atoms with Crippen LogP contribution in [0, 0.1) is 0 Å². The molecule has 0 radical (unpaired) electrons. The van der Waals surface area contributed by atoms with Gasteiger partial charge >= 0.3 is 0 Å². The molecule has 0 amide bonds. The van der Waals surface area contributed by atoms with Crippen LogP contribution in [0.1, 0.15) is 6.42 Å². The first kappa shape index (κ1) is 12.8. The molecule has 0 aliphatic rings. The summed E-state index contributed by atoms with van der Waals surface area (Å²) in [6, 6.07) is 10.00. The molecule has 0 unspecified atom stereocenters. The quantitative estimate of drug-likeness (QED) is 0.900. The number of para-hydroxylation sites is 1. The molecule has 18 heavy (non-hydrogen) atoms. The van der Waals surface area contributed by atoms with Gasteiger partial charge in [0, 0.05) is 12.2 Å². The number of benzene rings is 1. The number of halogens is 1. The molecule has 4 nitrogen and oxygen atoms in total. The fourth-order valence-electron chi connectivity index (χ4n) is 1.65. The van der Waals surface area contributed by atoms with Crippen LogP contribution in [0.25, 0.3) is 0 Å².